The van der Waals surface area contributed by atoms with Crippen molar-refractivity contribution in [1.82, 2.24) is 9.55 Å². The van der Waals surface area contributed by atoms with E-state index in [-0.39, 0.29) is 0 Å². The van der Waals surface area contributed by atoms with Crippen molar-refractivity contribution in [2.45, 2.75) is 39.2 Å². The maximum absolute atomic E-state index is 5.82. The molecule has 1 aromatic carbocycles. The van der Waals surface area contributed by atoms with Crippen molar-refractivity contribution < 1.29 is 0 Å². The van der Waals surface area contributed by atoms with Gasteiger partial charge in [-0.3, -0.25) is 0 Å². The molecular formula is C16H20BrN3. The van der Waals surface area contributed by atoms with Gasteiger partial charge in [-0.05, 0) is 44.0 Å². The van der Waals surface area contributed by atoms with Gasteiger partial charge in [-0.1, -0.05) is 22.0 Å². The van der Waals surface area contributed by atoms with Gasteiger partial charge in [0, 0.05) is 35.1 Å². The maximum atomic E-state index is 5.82. The summed E-state index contributed by atoms with van der Waals surface area (Å²) < 4.78 is 3.49. The summed E-state index contributed by atoms with van der Waals surface area (Å²) in [5.41, 5.74) is 10.7. The van der Waals surface area contributed by atoms with Crippen molar-refractivity contribution in [3.05, 3.63) is 39.8 Å². The highest BCUT2D eigenvalue weighted by Crippen LogP contribution is 2.31. The number of imidazole rings is 1. The summed E-state index contributed by atoms with van der Waals surface area (Å²) in [6.07, 6.45) is 4.48. The van der Waals surface area contributed by atoms with Crippen LogP contribution in [0, 0.1) is 6.92 Å². The molecule has 1 aliphatic heterocycles. The van der Waals surface area contributed by atoms with Crippen molar-refractivity contribution in [1.29, 1.82) is 0 Å². The van der Waals surface area contributed by atoms with E-state index in [2.05, 4.69) is 45.6 Å². The van der Waals surface area contributed by atoms with Crippen LogP contribution in [0.2, 0.25) is 0 Å². The molecule has 0 fully saturated rings. The van der Waals surface area contributed by atoms with E-state index in [0.717, 1.165) is 29.6 Å². The molecule has 2 N–H and O–H groups in total. The lowest BCUT2D eigenvalue weighted by molar-refractivity contribution is 0.508. The van der Waals surface area contributed by atoms with Gasteiger partial charge in [0.2, 0.25) is 0 Å². The molecule has 0 amide bonds. The molecule has 0 aliphatic carbocycles. The minimum Gasteiger partial charge on any atom is -0.331 e. The number of hydrogen-bond acceptors (Lipinski definition) is 2. The number of nitrogens with zero attached hydrogens (tertiary/aromatic N) is 2. The van der Waals surface area contributed by atoms with Crippen LogP contribution in [0.4, 0.5) is 0 Å². The zero-order chi connectivity index (χ0) is 14.1. The van der Waals surface area contributed by atoms with Crippen molar-refractivity contribution in [2.24, 2.45) is 5.73 Å². The van der Waals surface area contributed by atoms with Gasteiger partial charge in [-0.15, -0.1) is 0 Å². The Hall–Kier alpha value is -1.13. The summed E-state index contributed by atoms with van der Waals surface area (Å²) >= 11 is 3.57. The van der Waals surface area contributed by atoms with Crippen LogP contribution in [-0.4, -0.2) is 16.1 Å². The Morgan fingerprint density at radius 2 is 2.20 bits per heavy atom. The lowest BCUT2D eigenvalue weighted by Crippen LogP contribution is -2.15. The first-order valence-corrected chi connectivity index (χ1v) is 8.05. The molecular weight excluding hydrogens is 314 g/mol. The molecule has 4 heteroatoms. The van der Waals surface area contributed by atoms with Gasteiger partial charge in [0.15, 0.2) is 0 Å². The number of benzene rings is 1. The van der Waals surface area contributed by atoms with E-state index in [1.807, 2.05) is 0 Å². The fourth-order valence-corrected chi connectivity index (χ4v) is 3.36. The van der Waals surface area contributed by atoms with Gasteiger partial charge < -0.3 is 10.3 Å². The van der Waals surface area contributed by atoms with E-state index in [9.17, 15) is 0 Å². The Morgan fingerprint density at radius 3 is 3.00 bits per heavy atom. The zero-order valence-electron chi connectivity index (χ0n) is 11.8. The van der Waals surface area contributed by atoms with Crippen LogP contribution in [0.25, 0.3) is 11.3 Å². The predicted molar refractivity (Wildman–Crippen MR) is 85.8 cm³/mol. The Kier molecular flexibility index (Phi) is 3.94. The molecule has 3 nitrogen and oxygen atoms in total. The molecule has 0 radical (unpaired) electrons. The van der Waals surface area contributed by atoms with E-state index in [1.54, 1.807) is 0 Å². The van der Waals surface area contributed by atoms with Crippen LogP contribution in [-0.2, 0) is 19.4 Å². The highest BCUT2D eigenvalue weighted by molar-refractivity contribution is 9.10. The summed E-state index contributed by atoms with van der Waals surface area (Å²) in [4.78, 5) is 4.93. The van der Waals surface area contributed by atoms with Crippen molar-refractivity contribution in [3.8, 4) is 11.3 Å². The third kappa shape index (κ3) is 2.42. The van der Waals surface area contributed by atoms with Crippen LogP contribution in [0.5, 0.6) is 0 Å². The Labute approximate surface area is 128 Å². The van der Waals surface area contributed by atoms with Gasteiger partial charge in [0.1, 0.15) is 5.82 Å². The Bertz CT molecular complexity index is 631. The molecule has 2 aromatic rings. The van der Waals surface area contributed by atoms with Crippen LogP contribution < -0.4 is 5.73 Å². The largest absolute Gasteiger partial charge is 0.331 e. The second-order valence-corrected chi connectivity index (χ2v) is 6.35. The highest BCUT2D eigenvalue weighted by Gasteiger charge is 2.21. The maximum Gasteiger partial charge on any atom is 0.109 e. The van der Waals surface area contributed by atoms with E-state index in [1.165, 1.54) is 35.5 Å². The standard InChI is InChI=1S/C16H20BrN3/c1-11-5-6-12(17)10-13(11)16-14(7-8-18)20-9-3-2-4-15(20)19-16/h5-6,10H,2-4,7-9,18H2,1H3. The van der Waals surface area contributed by atoms with E-state index < -0.39 is 0 Å². The Balaban J connectivity index is 2.17. The topological polar surface area (TPSA) is 43.8 Å². The highest BCUT2D eigenvalue weighted by atomic mass is 79.9. The van der Waals surface area contributed by atoms with Gasteiger partial charge in [-0.2, -0.15) is 0 Å². The fourth-order valence-electron chi connectivity index (χ4n) is 3.00. The first-order valence-electron chi connectivity index (χ1n) is 7.25. The molecule has 1 aliphatic rings. The molecule has 0 bridgehead atoms. The molecule has 0 saturated heterocycles. The van der Waals surface area contributed by atoms with E-state index in [4.69, 9.17) is 10.7 Å². The number of halogens is 1. The molecule has 106 valence electrons. The molecule has 0 atom stereocenters. The molecule has 0 unspecified atom stereocenters. The Morgan fingerprint density at radius 1 is 1.35 bits per heavy atom. The van der Waals surface area contributed by atoms with Gasteiger partial charge in [-0.25, -0.2) is 4.98 Å². The molecule has 3 rings (SSSR count). The van der Waals surface area contributed by atoms with Crippen LogP contribution in [0.1, 0.15) is 29.9 Å². The molecule has 0 saturated carbocycles. The second kappa shape index (κ2) is 5.70. The number of hydrogen-bond donors (Lipinski definition) is 1. The SMILES string of the molecule is Cc1ccc(Br)cc1-c1nc2n(c1CCN)CCCC2. The normalized spacial score (nSPS) is 14.3. The number of aromatic nitrogens is 2. The van der Waals surface area contributed by atoms with E-state index >= 15 is 0 Å². The molecule has 0 spiro atoms. The van der Waals surface area contributed by atoms with Crippen LogP contribution >= 0.6 is 15.9 Å². The second-order valence-electron chi connectivity index (χ2n) is 5.43. The van der Waals surface area contributed by atoms with Crippen molar-refractivity contribution in [3.63, 3.8) is 0 Å². The number of nitrogens with two attached hydrogens (primary N) is 1. The lowest BCUT2D eigenvalue weighted by atomic mass is 10.0. The average Bonchev–Trinajstić information content (AvgIpc) is 2.81. The summed E-state index contributed by atoms with van der Waals surface area (Å²) in [5.74, 6) is 1.23. The minimum atomic E-state index is 0.672. The first kappa shape index (κ1) is 13.8. The number of fused-ring (bicyclic) bond motifs is 1. The fraction of sp³-hybridized carbons (Fsp3) is 0.438. The van der Waals surface area contributed by atoms with Crippen LogP contribution in [0.3, 0.4) is 0 Å². The van der Waals surface area contributed by atoms with Gasteiger partial charge in [0.05, 0.1) is 5.69 Å². The van der Waals surface area contributed by atoms with Crippen LogP contribution in [0.15, 0.2) is 22.7 Å². The summed E-state index contributed by atoms with van der Waals surface area (Å²) in [5, 5.41) is 0. The van der Waals surface area contributed by atoms with E-state index in [0.29, 0.717) is 6.54 Å². The van der Waals surface area contributed by atoms with Gasteiger partial charge >= 0.3 is 0 Å². The molecule has 2 heterocycles. The quantitative estimate of drug-likeness (QED) is 0.934. The minimum absolute atomic E-state index is 0.672. The zero-order valence-corrected chi connectivity index (χ0v) is 13.4. The smallest absolute Gasteiger partial charge is 0.109 e. The third-order valence-electron chi connectivity index (χ3n) is 4.02. The predicted octanol–water partition coefficient (Wildman–Crippen LogP) is 3.46. The molecule has 20 heavy (non-hydrogen) atoms. The summed E-state index contributed by atoms with van der Waals surface area (Å²) in [7, 11) is 0. The summed E-state index contributed by atoms with van der Waals surface area (Å²) in [6, 6.07) is 6.39. The molecule has 1 aromatic heterocycles. The van der Waals surface area contributed by atoms with Crippen molar-refractivity contribution >= 4 is 15.9 Å². The van der Waals surface area contributed by atoms with Crippen molar-refractivity contribution in [2.75, 3.05) is 6.54 Å². The van der Waals surface area contributed by atoms with Gasteiger partial charge in [0.25, 0.3) is 0 Å². The average molecular weight is 334 g/mol. The summed E-state index contributed by atoms with van der Waals surface area (Å²) in [6.45, 7) is 3.90. The first-order chi connectivity index (χ1) is 9.70. The third-order valence-corrected chi connectivity index (χ3v) is 4.51. The lowest BCUT2D eigenvalue weighted by Gasteiger charge is -2.16. The number of rotatable bonds is 3. The monoisotopic (exact) mass is 333 g/mol. The number of aryl methyl sites for hydroxylation is 2.